The lowest BCUT2D eigenvalue weighted by Gasteiger charge is -2.07. The number of carbonyl (C=O) groups is 1. The molecule has 1 aromatic heterocycles. The minimum atomic E-state index is -0.280. The van der Waals surface area contributed by atoms with Crippen LogP contribution in [0.25, 0.3) is 0 Å². The van der Waals surface area contributed by atoms with E-state index in [0.29, 0.717) is 11.7 Å². The summed E-state index contributed by atoms with van der Waals surface area (Å²) in [6.07, 6.45) is 0.809. The molecule has 7 heteroatoms. The zero-order valence-electron chi connectivity index (χ0n) is 12.0. The van der Waals surface area contributed by atoms with Crippen LogP contribution in [0.4, 0.5) is 0 Å². The first-order chi connectivity index (χ1) is 10.1. The zero-order valence-corrected chi connectivity index (χ0v) is 12.9. The number of hydrogen-bond donors (Lipinski definition) is 2. The normalized spacial score (nSPS) is 10.6. The van der Waals surface area contributed by atoms with Crippen LogP contribution in [-0.2, 0) is 18.3 Å². The van der Waals surface area contributed by atoms with Crippen molar-refractivity contribution in [2.75, 3.05) is 12.3 Å². The van der Waals surface area contributed by atoms with E-state index in [1.54, 1.807) is 7.05 Å². The molecule has 0 radical (unpaired) electrons. The third kappa shape index (κ3) is 4.22. The predicted molar refractivity (Wildman–Crippen MR) is 82.4 cm³/mol. The summed E-state index contributed by atoms with van der Waals surface area (Å²) >= 11 is 1.23. The lowest BCUT2D eigenvalue weighted by Crippen LogP contribution is -2.27. The molecule has 0 aliphatic rings. The fourth-order valence-electron chi connectivity index (χ4n) is 1.87. The Morgan fingerprint density at radius 3 is 2.86 bits per heavy atom. The number of aromatic amines is 1. The molecule has 21 heavy (non-hydrogen) atoms. The van der Waals surface area contributed by atoms with Crippen LogP contribution in [0.2, 0.25) is 0 Å². The average molecular weight is 306 g/mol. The van der Waals surface area contributed by atoms with Crippen molar-refractivity contribution in [3.8, 4) is 0 Å². The maximum absolute atomic E-state index is 11.8. The van der Waals surface area contributed by atoms with Gasteiger partial charge in [0.05, 0.1) is 5.75 Å². The summed E-state index contributed by atoms with van der Waals surface area (Å²) in [5.41, 5.74) is 2.19. The maximum atomic E-state index is 11.8. The number of H-pyrrole nitrogens is 1. The number of rotatable bonds is 6. The van der Waals surface area contributed by atoms with E-state index in [4.69, 9.17) is 0 Å². The molecule has 0 aliphatic carbocycles. The van der Waals surface area contributed by atoms with Gasteiger partial charge in [-0.2, -0.15) is 0 Å². The van der Waals surface area contributed by atoms with Crippen LogP contribution in [-0.4, -0.2) is 33.0 Å². The SMILES string of the molecule is Cc1ccccc1CCNC(=O)CSc1n[nH]c(=O)n1C. The molecular weight excluding hydrogens is 288 g/mol. The second kappa shape index (κ2) is 7.12. The van der Waals surface area contributed by atoms with Crippen LogP contribution in [0.5, 0.6) is 0 Å². The molecule has 0 aliphatic heterocycles. The van der Waals surface area contributed by atoms with Crippen LogP contribution in [0, 0.1) is 6.92 Å². The number of carbonyl (C=O) groups excluding carboxylic acids is 1. The summed E-state index contributed by atoms with van der Waals surface area (Å²) < 4.78 is 1.38. The van der Waals surface area contributed by atoms with Crippen molar-refractivity contribution in [1.29, 1.82) is 0 Å². The summed E-state index contributed by atoms with van der Waals surface area (Å²) in [6.45, 7) is 2.66. The molecule has 0 unspecified atom stereocenters. The smallest absolute Gasteiger partial charge is 0.343 e. The van der Waals surface area contributed by atoms with Crippen molar-refractivity contribution in [3.05, 3.63) is 45.9 Å². The molecule has 6 nitrogen and oxygen atoms in total. The van der Waals surface area contributed by atoms with E-state index in [-0.39, 0.29) is 17.3 Å². The van der Waals surface area contributed by atoms with Crippen molar-refractivity contribution in [2.24, 2.45) is 7.05 Å². The van der Waals surface area contributed by atoms with Crippen molar-refractivity contribution < 1.29 is 4.79 Å². The Bertz CT molecular complexity index is 678. The van der Waals surface area contributed by atoms with E-state index in [1.807, 2.05) is 12.1 Å². The van der Waals surface area contributed by atoms with Gasteiger partial charge >= 0.3 is 5.69 Å². The molecule has 1 heterocycles. The second-order valence-corrected chi connectivity index (χ2v) is 5.63. The topological polar surface area (TPSA) is 79.8 Å². The number of aromatic nitrogens is 3. The minimum absolute atomic E-state index is 0.0657. The predicted octanol–water partition coefficient (Wildman–Crippen LogP) is 0.868. The third-order valence-corrected chi connectivity index (χ3v) is 4.18. The van der Waals surface area contributed by atoms with Gasteiger partial charge in [-0.25, -0.2) is 9.89 Å². The summed E-state index contributed by atoms with van der Waals surface area (Å²) in [5.74, 6) is 0.176. The van der Waals surface area contributed by atoms with Crippen molar-refractivity contribution >= 4 is 17.7 Å². The maximum Gasteiger partial charge on any atom is 0.343 e. The lowest BCUT2D eigenvalue weighted by atomic mass is 10.1. The van der Waals surface area contributed by atoms with Gasteiger partial charge in [0.2, 0.25) is 5.91 Å². The Morgan fingerprint density at radius 1 is 1.43 bits per heavy atom. The molecule has 0 saturated carbocycles. The van der Waals surface area contributed by atoms with E-state index in [2.05, 4.69) is 34.6 Å². The van der Waals surface area contributed by atoms with Crippen molar-refractivity contribution in [2.45, 2.75) is 18.5 Å². The molecule has 2 aromatic rings. The van der Waals surface area contributed by atoms with E-state index < -0.39 is 0 Å². The van der Waals surface area contributed by atoms with Gasteiger partial charge in [0.25, 0.3) is 0 Å². The molecule has 2 N–H and O–H groups in total. The first kappa shape index (κ1) is 15.4. The Balaban J connectivity index is 1.74. The first-order valence-electron chi connectivity index (χ1n) is 6.63. The largest absolute Gasteiger partial charge is 0.355 e. The number of nitrogens with one attached hydrogen (secondary N) is 2. The van der Waals surface area contributed by atoms with E-state index in [9.17, 15) is 9.59 Å². The fourth-order valence-corrected chi connectivity index (χ4v) is 2.62. The molecule has 112 valence electrons. The Kier molecular flexibility index (Phi) is 5.21. The standard InChI is InChI=1S/C14H18N4O2S/c1-10-5-3-4-6-11(10)7-8-15-12(19)9-21-14-17-16-13(20)18(14)2/h3-6H,7-9H2,1-2H3,(H,15,19)(H,16,20). The number of amides is 1. The highest BCUT2D eigenvalue weighted by molar-refractivity contribution is 7.99. The molecule has 0 saturated heterocycles. The first-order valence-corrected chi connectivity index (χ1v) is 7.62. The van der Waals surface area contributed by atoms with Gasteiger partial charge in [0.1, 0.15) is 0 Å². The van der Waals surface area contributed by atoms with Crippen molar-refractivity contribution in [3.63, 3.8) is 0 Å². The highest BCUT2D eigenvalue weighted by Gasteiger charge is 2.08. The van der Waals surface area contributed by atoms with Gasteiger partial charge in [0, 0.05) is 13.6 Å². The molecule has 1 amide bonds. The summed E-state index contributed by atoms with van der Waals surface area (Å²) in [7, 11) is 1.62. The average Bonchev–Trinajstić information content (AvgIpc) is 2.79. The molecule has 1 aromatic carbocycles. The Labute approximate surface area is 127 Å². The molecular formula is C14H18N4O2S. The monoisotopic (exact) mass is 306 g/mol. The van der Waals surface area contributed by atoms with Gasteiger partial charge in [-0.1, -0.05) is 36.0 Å². The summed E-state index contributed by atoms with van der Waals surface area (Å²) in [4.78, 5) is 22.9. The molecule has 0 atom stereocenters. The Morgan fingerprint density at radius 2 is 2.19 bits per heavy atom. The van der Waals surface area contributed by atoms with Gasteiger partial charge in [0.15, 0.2) is 5.16 Å². The number of hydrogen-bond acceptors (Lipinski definition) is 4. The lowest BCUT2D eigenvalue weighted by molar-refractivity contribution is -0.118. The zero-order chi connectivity index (χ0) is 15.2. The van der Waals surface area contributed by atoms with Crippen LogP contribution in [0.3, 0.4) is 0 Å². The number of nitrogens with zero attached hydrogens (tertiary/aromatic N) is 2. The number of benzene rings is 1. The van der Waals surface area contributed by atoms with Crippen LogP contribution in [0.1, 0.15) is 11.1 Å². The summed E-state index contributed by atoms with van der Waals surface area (Å²) in [5, 5.41) is 9.55. The Hall–Kier alpha value is -2.02. The van der Waals surface area contributed by atoms with Gasteiger partial charge < -0.3 is 5.32 Å². The molecule has 0 bridgehead atoms. The summed E-state index contributed by atoms with van der Waals surface area (Å²) in [6, 6.07) is 8.13. The van der Waals surface area contributed by atoms with Crippen LogP contribution < -0.4 is 11.0 Å². The fraction of sp³-hybridized carbons (Fsp3) is 0.357. The van der Waals surface area contributed by atoms with Crippen LogP contribution in [0.15, 0.2) is 34.2 Å². The highest BCUT2D eigenvalue weighted by Crippen LogP contribution is 2.11. The van der Waals surface area contributed by atoms with Gasteiger partial charge in [-0.05, 0) is 24.5 Å². The van der Waals surface area contributed by atoms with E-state index in [1.165, 1.54) is 27.5 Å². The molecule has 0 fully saturated rings. The van der Waals surface area contributed by atoms with Gasteiger partial charge in [-0.3, -0.25) is 9.36 Å². The third-order valence-electron chi connectivity index (χ3n) is 3.15. The quantitative estimate of drug-likeness (QED) is 0.776. The number of thioether (sulfide) groups is 1. The minimum Gasteiger partial charge on any atom is -0.355 e. The van der Waals surface area contributed by atoms with Crippen LogP contribution >= 0.6 is 11.8 Å². The van der Waals surface area contributed by atoms with Crippen molar-refractivity contribution in [1.82, 2.24) is 20.1 Å². The van der Waals surface area contributed by atoms with Gasteiger partial charge in [-0.15, -0.1) is 5.10 Å². The van der Waals surface area contributed by atoms with E-state index >= 15 is 0 Å². The highest BCUT2D eigenvalue weighted by atomic mass is 32.2. The molecule has 0 spiro atoms. The second-order valence-electron chi connectivity index (χ2n) is 4.69. The van der Waals surface area contributed by atoms with E-state index in [0.717, 1.165) is 6.42 Å². The number of aryl methyl sites for hydroxylation is 1. The molecule has 2 rings (SSSR count).